The van der Waals surface area contributed by atoms with Crippen LogP contribution in [0, 0.1) is 0 Å². The van der Waals surface area contributed by atoms with Crippen molar-refractivity contribution in [1.29, 1.82) is 0 Å². The van der Waals surface area contributed by atoms with Gasteiger partial charge in [-0.25, -0.2) is 13.2 Å². The maximum atomic E-state index is 11.3. The molecule has 0 fully saturated rings. The monoisotopic (exact) mass is 262 g/mol. The van der Waals surface area contributed by atoms with E-state index in [4.69, 9.17) is 15.8 Å². The zero-order valence-electron chi connectivity index (χ0n) is 8.77. The van der Waals surface area contributed by atoms with E-state index in [1.807, 2.05) is 0 Å². The molecule has 1 rings (SSSR count). The van der Waals surface area contributed by atoms with E-state index in [9.17, 15) is 13.2 Å². The van der Waals surface area contributed by atoms with E-state index in [2.05, 4.69) is 0 Å². The van der Waals surface area contributed by atoms with E-state index in [1.165, 1.54) is 12.1 Å². The Hall–Kier alpha value is -1.07. The van der Waals surface area contributed by atoms with Crippen LogP contribution in [-0.4, -0.2) is 19.5 Å². The number of carboxylic acids is 1. The molecule has 88 valence electrons. The van der Waals surface area contributed by atoms with Crippen molar-refractivity contribution in [1.82, 2.24) is 0 Å². The summed E-state index contributed by atoms with van der Waals surface area (Å²) in [5.41, 5.74) is 0.420. The van der Waals surface area contributed by atoms with Crippen molar-refractivity contribution in [2.45, 2.75) is 24.7 Å². The number of benzene rings is 1. The molecule has 0 bridgehead atoms. The Morgan fingerprint density at radius 3 is 2.31 bits per heavy atom. The number of rotatable bonds is 3. The quantitative estimate of drug-likeness (QED) is 0.850. The zero-order chi connectivity index (χ0) is 12.5. The predicted molar refractivity (Wildman–Crippen MR) is 60.5 cm³/mol. The second-order valence-corrected chi connectivity index (χ2v) is 6.18. The summed E-state index contributed by atoms with van der Waals surface area (Å²) in [5, 5.41) is 8.77. The minimum atomic E-state index is -3.93. The number of halogens is 1. The highest BCUT2D eigenvalue weighted by molar-refractivity contribution is 8.13. The third-order valence-electron chi connectivity index (χ3n) is 2.15. The first kappa shape index (κ1) is 13.0. The fraction of sp³-hybridized carbons (Fsp3) is 0.300. The Bertz CT molecular complexity index is 520. The minimum absolute atomic E-state index is 0.0497. The van der Waals surface area contributed by atoms with Crippen LogP contribution in [0.3, 0.4) is 0 Å². The Labute approximate surface area is 98.3 Å². The maximum absolute atomic E-state index is 11.3. The van der Waals surface area contributed by atoms with Crippen LogP contribution in [-0.2, 0) is 9.05 Å². The first-order valence-corrected chi connectivity index (χ1v) is 6.86. The summed E-state index contributed by atoms with van der Waals surface area (Å²) in [6.45, 7) is 3.61. The van der Waals surface area contributed by atoms with Crippen molar-refractivity contribution in [3.05, 3.63) is 29.3 Å². The lowest BCUT2D eigenvalue weighted by Crippen LogP contribution is -2.04. The highest BCUT2D eigenvalue weighted by atomic mass is 35.7. The second-order valence-electron chi connectivity index (χ2n) is 3.65. The smallest absolute Gasteiger partial charge is 0.335 e. The van der Waals surface area contributed by atoms with E-state index in [0.29, 0.717) is 5.56 Å². The lowest BCUT2D eigenvalue weighted by atomic mass is 10.0. The molecule has 0 aliphatic carbocycles. The molecule has 16 heavy (non-hydrogen) atoms. The van der Waals surface area contributed by atoms with Crippen LogP contribution in [0.15, 0.2) is 23.1 Å². The molecule has 0 aliphatic heterocycles. The summed E-state index contributed by atoms with van der Waals surface area (Å²) >= 11 is 0. The SMILES string of the molecule is CC(C)c1ccc(C(=O)O)cc1S(=O)(=O)Cl. The molecular formula is C10H11ClO4S. The Balaban J connectivity index is 3.51. The number of aromatic carboxylic acids is 1. The minimum Gasteiger partial charge on any atom is -0.478 e. The van der Waals surface area contributed by atoms with E-state index in [1.54, 1.807) is 13.8 Å². The molecule has 0 amide bonds. The van der Waals surface area contributed by atoms with Gasteiger partial charge in [0.15, 0.2) is 0 Å². The van der Waals surface area contributed by atoms with Crippen molar-refractivity contribution in [3.8, 4) is 0 Å². The Morgan fingerprint density at radius 2 is 1.94 bits per heavy atom. The van der Waals surface area contributed by atoms with Crippen molar-refractivity contribution < 1.29 is 18.3 Å². The topological polar surface area (TPSA) is 71.4 Å². The molecule has 0 heterocycles. The van der Waals surface area contributed by atoms with Gasteiger partial charge >= 0.3 is 5.97 Å². The Morgan fingerprint density at radius 1 is 1.38 bits per heavy atom. The van der Waals surface area contributed by atoms with Crippen LogP contribution >= 0.6 is 10.7 Å². The van der Waals surface area contributed by atoms with Crippen molar-refractivity contribution >= 4 is 25.7 Å². The van der Waals surface area contributed by atoms with Crippen LogP contribution in [0.1, 0.15) is 35.7 Å². The van der Waals surface area contributed by atoms with Crippen LogP contribution in [0.2, 0.25) is 0 Å². The van der Waals surface area contributed by atoms with E-state index >= 15 is 0 Å². The van der Waals surface area contributed by atoms with Gasteiger partial charge in [0.05, 0.1) is 10.5 Å². The first-order chi connectivity index (χ1) is 7.23. The molecule has 0 saturated heterocycles. The zero-order valence-corrected chi connectivity index (χ0v) is 10.3. The molecule has 1 N–H and O–H groups in total. The number of carboxylic acid groups (broad SMARTS) is 1. The predicted octanol–water partition coefficient (Wildman–Crippen LogP) is 2.44. The molecule has 0 spiro atoms. The molecule has 6 heteroatoms. The summed E-state index contributed by atoms with van der Waals surface area (Å²) in [5.74, 6) is -1.23. The molecule has 0 aromatic heterocycles. The van der Waals surface area contributed by atoms with Gasteiger partial charge in [-0.15, -0.1) is 0 Å². The van der Waals surface area contributed by atoms with Gasteiger partial charge in [-0.2, -0.15) is 0 Å². The standard InChI is InChI=1S/C10H11ClO4S/c1-6(2)8-4-3-7(10(12)13)5-9(8)16(11,14)15/h3-6H,1-2H3,(H,12,13). The van der Waals surface area contributed by atoms with Gasteiger partial charge in [0, 0.05) is 10.7 Å². The fourth-order valence-corrected chi connectivity index (χ4v) is 2.61. The molecule has 1 aromatic carbocycles. The van der Waals surface area contributed by atoms with Gasteiger partial charge < -0.3 is 5.11 Å². The fourth-order valence-electron chi connectivity index (χ4n) is 1.36. The summed E-state index contributed by atoms with van der Waals surface area (Å²) in [7, 11) is 1.34. The summed E-state index contributed by atoms with van der Waals surface area (Å²) in [4.78, 5) is 10.6. The van der Waals surface area contributed by atoms with Crippen molar-refractivity contribution in [3.63, 3.8) is 0 Å². The van der Waals surface area contributed by atoms with E-state index in [-0.39, 0.29) is 16.4 Å². The third-order valence-corrected chi connectivity index (χ3v) is 3.52. The molecule has 0 aliphatic rings. The number of hydrogen-bond donors (Lipinski definition) is 1. The van der Waals surface area contributed by atoms with Crippen LogP contribution in [0.25, 0.3) is 0 Å². The van der Waals surface area contributed by atoms with E-state index in [0.717, 1.165) is 6.07 Å². The molecule has 1 aromatic rings. The normalized spacial score (nSPS) is 11.8. The van der Waals surface area contributed by atoms with Crippen molar-refractivity contribution in [2.24, 2.45) is 0 Å². The molecule has 0 radical (unpaired) electrons. The highest BCUT2D eigenvalue weighted by Crippen LogP contribution is 2.27. The average molecular weight is 263 g/mol. The summed E-state index contributed by atoms with van der Waals surface area (Å²) in [6.07, 6.45) is 0. The average Bonchev–Trinajstić information content (AvgIpc) is 2.15. The molecule has 0 saturated carbocycles. The second kappa shape index (κ2) is 4.43. The largest absolute Gasteiger partial charge is 0.478 e. The van der Waals surface area contributed by atoms with Gasteiger partial charge in [0.2, 0.25) is 0 Å². The van der Waals surface area contributed by atoms with Gasteiger partial charge in [0.25, 0.3) is 9.05 Å². The third kappa shape index (κ3) is 2.74. The highest BCUT2D eigenvalue weighted by Gasteiger charge is 2.19. The van der Waals surface area contributed by atoms with E-state index < -0.39 is 15.0 Å². The maximum Gasteiger partial charge on any atom is 0.335 e. The van der Waals surface area contributed by atoms with Crippen LogP contribution in [0.5, 0.6) is 0 Å². The van der Waals surface area contributed by atoms with Crippen LogP contribution < -0.4 is 0 Å². The van der Waals surface area contributed by atoms with Gasteiger partial charge in [-0.05, 0) is 23.6 Å². The lowest BCUT2D eigenvalue weighted by molar-refractivity contribution is 0.0696. The van der Waals surface area contributed by atoms with Crippen LogP contribution in [0.4, 0.5) is 0 Å². The first-order valence-electron chi connectivity index (χ1n) is 4.55. The van der Waals surface area contributed by atoms with Gasteiger partial charge in [-0.1, -0.05) is 19.9 Å². The lowest BCUT2D eigenvalue weighted by Gasteiger charge is -2.10. The molecule has 0 unspecified atom stereocenters. The molecular weight excluding hydrogens is 252 g/mol. The summed E-state index contributed by atoms with van der Waals surface area (Å²) in [6, 6.07) is 3.92. The van der Waals surface area contributed by atoms with Crippen molar-refractivity contribution in [2.75, 3.05) is 0 Å². The number of hydrogen-bond acceptors (Lipinski definition) is 3. The van der Waals surface area contributed by atoms with Gasteiger partial charge in [0.1, 0.15) is 0 Å². The van der Waals surface area contributed by atoms with Gasteiger partial charge in [-0.3, -0.25) is 0 Å². The molecule has 4 nitrogen and oxygen atoms in total. The number of carbonyl (C=O) groups is 1. The molecule has 0 atom stereocenters. The summed E-state index contributed by atoms with van der Waals surface area (Å²) < 4.78 is 22.6. The Kier molecular flexibility index (Phi) is 3.60.